The number of rotatable bonds is 5. The van der Waals surface area contributed by atoms with Crippen LogP contribution in [0.5, 0.6) is 5.75 Å². The number of hydrogen-bond acceptors (Lipinski definition) is 4. The van der Waals surface area contributed by atoms with E-state index in [2.05, 4.69) is 5.32 Å². The largest absolute Gasteiger partial charge is 0.497 e. The molecular formula is C16H20F3NO5. The molecule has 0 heterocycles. The first kappa shape index (κ1) is 20.6. The highest BCUT2D eigenvalue weighted by Crippen LogP contribution is 2.33. The molecule has 1 unspecified atom stereocenters. The lowest BCUT2D eigenvalue weighted by molar-refractivity contribution is -0.139. The second-order valence-corrected chi connectivity index (χ2v) is 6.31. The molecule has 0 aromatic heterocycles. The Kier molecular flexibility index (Phi) is 6.28. The minimum Gasteiger partial charge on any atom is -0.497 e. The van der Waals surface area contributed by atoms with Gasteiger partial charge in [-0.2, -0.15) is 13.2 Å². The third kappa shape index (κ3) is 6.90. The van der Waals surface area contributed by atoms with Crippen molar-refractivity contribution >= 4 is 12.1 Å². The van der Waals surface area contributed by atoms with Gasteiger partial charge in [-0.3, -0.25) is 0 Å². The van der Waals surface area contributed by atoms with Crippen LogP contribution in [0.2, 0.25) is 0 Å². The van der Waals surface area contributed by atoms with Gasteiger partial charge in [0, 0.05) is 6.42 Å². The molecule has 2 N–H and O–H groups in total. The lowest BCUT2D eigenvalue weighted by atomic mass is 10.0. The first-order chi connectivity index (χ1) is 11.3. The third-order valence-corrected chi connectivity index (χ3v) is 2.96. The molecule has 1 aromatic carbocycles. The summed E-state index contributed by atoms with van der Waals surface area (Å²) in [6.07, 6.45) is -5.95. The van der Waals surface area contributed by atoms with Gasteiger partial charge in [0.2, 0.25) is 0 Å². The highest BCUT2D eigenvalue weighted by Gasteiger charge is 2.32. The fourth-order valence-corrected chi connectivity index (χ4v) is 1.95. The van der Waals surface area contributed by atoms with E-state index in [1.165, 1.54) is 13.2 Å². The predicted molar refractivity (Wildman–Crippen MR) is 82.5 cm³/mol. The van der Waals surface area contributed by atoms with Crippen molar-refractivity contribution in [2.24, 2.45) is 0 Å². The fourth-order valence-electron chi connectivity index (χ4n) is 1.95. The Balaban J connectivity index is 3.02. The SMILES string of the molecule is COc1cc(CC(NC(=O)OC(C)(C)C)C(=O)O)cc(C(F)(F)F)c1. The van der Waals surface area contributed by atoms with Gasteiger partial charge in [0.05, 0.1) is 12.7 Å². The van der Waals surface area contributed by atoms with Gasteiger partial charge in [0.25, 0.3) is 0 Å². The standard InChI is InChI=1S/C16H20F3NO5/c1-15(2,3)25-14(23)20-12(13(21)22)7-9-5-10(16(17,18)19)8-11(6-9)24-4/h5-6,8,12H,7H2,1-4H3,(H,20,23)(H,21,22). The van der Waals surface area contributed by atoms with E-state index in [-0.39, 0.29) is 17.7 Å². The van der Waals surface area contributed by atoms with Gasteiger partial charge < -0.3 is 19.9 Å². The number of hydrogen-bond donors (Lipinski definition) is 2. The number of carbonyl (C=O) groups excluding carboxylic acids is 1. The molecule has 0 aliphatic heterocycles. The molecule has 1 aromatic rings. The second-order valence-electron chi connectivity index (χ2n) is 6.31. The van der Waals surface area contributed by atoms with Crippen molar-refractivity contribution < 1.29 is 37.3 Å². The monoisotopic (exact) mass is 363 g/mol. The van der Waals surface area contributed by atoms with Crippen molar-refractivity contribution in [3.63, 3.8) is 0 Å². The number of methoxy groups -OCH3 is 1. The predicted octanol–water partition coefficient (Wildman–Crippen LogP) is 3.23. The maximum Gasteiger partial charge on any atom is 0.416 e. The molecule has 0 fully saturated rings. The van der Waals surface area contributed by atoms with E-state index in [9.17, 15) is 27.9 Å². The Morgan fingerprint density at radius 1 is 1.20 bits per heavy atom. The summed E-state index contributed by atoms with van der Waals surface area (Å²) in [6.45, 7) is 4.79. The summed E-state index contributed by atoms with van der Waals surface area (Å²) in [5, 5.41) is 11.3. The number of carbonyl (C=O) groups is 2. The molecule has 0 saturated heterocycles. The van der Waals surface area contributed by atoms with Crippen molar-refractivity contribution in [2.45, 2.75) is 45.0 Å². The third-order valence-electron chi connectivity index (χ3n) is 2.96. The molecule has 0 aliphatic carbocycles. The second kappa shape index (κ2) is 7.62. The lowest BCUT2D eigenvalue weighted by Crippen LogP contribution is -2.44. The lowest BCUT2D eigenvalue weighted by Gasteiger charge is -2.22. The molecule has 9 heteroatoms. The summed E-state index contributed by atoms with van der Waals surface area (Å²) in [7, 11) is 1.20. The van der Waals surface area contributed by atoms with Crippen LogP contribution >= 0.6 is 0 Å². The van der Waals surface area contributed by atoms with Crippen LogP contribution in [0.1, 0.15) is 31.9 Å². The van der Waals surface area contributed by atoms with Crippen LogP contribution in [0.15, 0.2) is 18.2 Å². The summed E-state index contributed by atoms with van der Waals surface area (Å²) >= 11 is 0. The number of carboxylic acids is 1. The highest BCUT2D eigenvalue weighted by atomic mass is 19.4. The average Bonchev–Trinajstić information content (AvgIpc) is 2.43. The van der Waals surface area contributed by atoms with Crippen LogP contribution in [0.4, 0.5) is 18.0 Å². The number of benzene rings is 1. The summed E-state index contributed by atoms with van der Waals surface area (Å²) in [4.78, 5) is 23.0. The van der Waals surface area contributed by atoms with E-state index in [0.29, 0.717) is 0 Å². The molecular weight excluding hydrogens is 343 g/mol. The minimum atomic E-state index is -4.61. The highest BCUT2D eigenvalue weighted by molar-refractivity contribution is 5.80. The molecule has 140 valence electrons. The molecule has 1 atom stereocenters. The first-order valence-corrected chi connectivity index (χ1v) is 7.29. The zero-order chi connectivity index (χ0) is 19.4. The van der Waals surface area contributed by atoms with E-state index in [0.717, 1.165) is 12.1 Å². The van der Waals surface area contributed by atoms with Gasteiger partial charge in [-0.05, 0) is 44.5 Å². The Morgan fingerprint density at radius 2 is 1.80 bits per heavy atom. The van der Waals surface area contributed by atoms with Crippen molar-refractivity contribution in [2.75, 3.05) is 7.11 Å². The van der Waals surface area contributed by atoms with E-state index in [4.69, 9.17) is 9.47 Å². The van der Waals surface area contributed by atoms with Crippen LogP contribution in [0.25, 0.3) is 0 Å². The summed E-state index contributed by atoms with van der Waals surface area (Å²) in [5.41, 5.74) is -1.76. The summed E-state index contributed by atoms with van der Waals surface area (Å²) < 4.78 is 48.5. The minimum absolute atomic E-state index is 0.0510. The number of halogens is 3. The van der Waals surface area contributed by atoms with Crippen LogP contribution in [-0.2, 0) is 22.1 Å². The number of amides is 1. The topological polar surface area (TPSA) is 84.9 Å². The van der Waals surface area contributed by atoms with Crippen LogP contribution in [0, 0.1) is 0 Å². The fraction of sp³-hybridized carbons (Fsp3) is 0.500. The zero-order valence-electron chi connectivity index (χ0n) is 14.2. The van der Waals surface area contributed by atoms with Gasteiger partial charge in [-0.1, -0.05) is 0 Å². The Labute approximate surface area is 142 Å². The van der Waals surface area contributed by atoms with Crippen molar-refractivity contribution in [3.8, 4) is 5.75 Å². The molecule has 0 aliphatic rings. The van der Waals surface area contributed by atoms with E-state index < -0.39 is 35.4 Å². The van der Waals surface area contributed by atoms with E-state index >= 15 is 0 Å². The molecule has 1 amide bonds. The number of nitrogens with one attached hydrogen (secondary N) is 1. The van der Waals surface area contributed by atoms with Gasteiger partial charge in [0.1, 0.15) is 17.4 Å². The number of ether oxygens (including phenoxy) is 2. The molecule has 0 spiro atoms. The van der Waals surface area contributed by atoms with Crippen molar-refractivity contribution in [3.05, 3.63) is 29.3 Å². The first-order valence-electron chi connectivity index (χ1n) is 7.29. The van der Waals surface area contributed by atoms with Gasteiger partial charge in [-0.25, -0.2) is 9.59 Å². The maximum atomic E-state index is 12.9. The van der Waals surface area contributed by atoms with Crippen LogP contribution < -0.4 is 10.1 Å². The Hall–Kier alpha value is -2.45. The van der Waals surface area contributed by atoms with Crippen molar-refractivity contribution in [1.82, 2.24) is 5.32 Å². The zero-order valence-corrected chi connectivity index (χ0v) is 14.2. The number of aliphatic carboxylic acids is 1. The van der Waals surface area contributed by atoms with Gasteiger partial charge in [-0.15, -0.1) is 0 Å². The number of carboxylic acid groups (broad SMARTS) is 1. The molecule has 6 nitrogen and oxygen atoms in total. The molecule has 25 heavy (non-hydrogen) atoms. The Morgan fingerprint density at radius 3 is 2.24 bits per heavy atom. The van der Waals surface area contributed by atoms with E-state index in [1.807, 2.05) is 0 Å². The molecule has 0 saturated carbocycles. The van der Waals surface area contributed by atoms with Gasteiger partial charge >= 0.3 is 18.2 Å². The normalized spacial score (nSPS) is 13.1. The molecule has 1 rings (SSSR count). The molecule has 0 radical (unpaired) electrons. The summed E-state index contributed by atoms with van der Waals surface area (Å²) in [6, 6.07) is 1.45. The molecule has 0 bridgehead atoms. The number of alkyl halides is 3. The van der Waals surface area contributed by atoms with Crippen molar-refractivity contribution in [1.29, 1.82) is 0 Å². The van der Waals surface area contributed by atoms with Gasteiger partial charge in [0.15, 0.2) is 0 Å². The number of alkyl carbamates (subject to hydrolysis) is 1. The average molecular weight is 363 g/mol. The smallest absolute Gasteiger partial charge is 0.416 e. The van der Waals surface area contributed by atoms with Crippen LogP contribution in [-0.4, -0.2) is 35.9 Å². The quantitative estimate of drug-likeness (QED) is 0.839. The maximum absolute atomic E-state index is 12.9. The van der Waals surface area contributed by atoms with E-state index in [1.54, 1.807) is 20.8 Å². The Bertz CT molecular complexity index is 638. The summed E-state index contributed by atoms with van der Waals surface area (Å²) in [5.74, 6) is -1.46. The van der Waals surface area contributed by atoms with Crippen LogP contribution in [0.3, 0.4) is 0 Å².